The molecule has 0 radical (unpaired) electrons. The number of benzene rings is 3. The van der Waals surface area contributed by atoms with E-state index in [9.17, 15) is 4.79 Å². The zero-order valence-corrected chi connectivity index (χ0v) is 19.0. The Hall–Kier alpha value is -3.53. The number of carbonyl (C=O) groups excluding carboxylic acids is 1. The van der Waals surface area contributed by atoms with E-state index in [4.69, 9.17) is 4.74 Å². The molecule has 0 atom stereocenters. The average molecular weight is 427 g/mol. The minimum Gasteiger partial charge on any atom is -0.489 e. The lowest BCUT2D eigenvalue weighted by molar-refractivity contribution is -0.111. The van der Waals surface area contributed by atoms with Gasteiger partial charge in [0.05, 0.1) is 12.2 Å². The maximum absolute atomic E-state index is 12.4. The first-order valence-electron chi connectivity index (χ1n) is 11.0. The van der Waals surface area contributed by atoms with Gasteiger partial charge in [-0.1, -0.05) is 75.4 Å². The summed E-state index contributed by atoms with van der Waals surface area (Å²) in [5, 5.41) is 2.94. The minimum atomic E-state index is -0.165. The summed E-state index contributed by atoms with van der Waals surface area (Å²) in [7, 11) is 0. The van der Waals surface area contributed by atoms with E-state index >= 15 is 0 Å². The van der Waals surface area contributed by atoms with Crippen molar-refractivity contribution in [1.82, 2.24) is 0 Å². The van der Waals surface area contributed by atoms with Crippen molar-refractivity contribution >= 4 is 23.4 Å². The van der Waals surface area contributed by atoms with Crippen LogP contribution in [0.4, 0.5) is 11.4 Å². The Labute approximate surface area is 190 Å². The van der Waals surface area contributed by atoms with Gasteiger partial charge < -0.3 is 15.0 Å². The van der Waals surface area contributed by atoms with Crippen molar-refractivity contribution in [3.8, 4) is 5.75 Å². The zero-order chi connectivity index (χ0) is 22.6. The van der Waals surface area contributed by atoms with Crippen molar-refractivity contribution in [2.75, 3.05) is 23.4 Å². The Morgan fingerprint density at radius 1 is 1.03 bits per heavy atom. The van der Waals surface area contributed by atoms with Crippen LogP contribution in [0.15, 0.2) is 78.9 Å². The van der Waals surface area contributed by atoms with Crippen LogP contribution >= 0.6 is 0 Å². The summed E-state index contributed by atoms with van der Waals surface area (Å²) >= 11 is 0. The Kier molecular flexibility index (Phi) is 6.31. The number of anilines is 2. The lowest BCUT2D eigenvalue weighted by atomic mass is 9.87. The van der Waals surface area contributed by atoms with Crippen LogP contribution in [-0.2, 0) is 16.8 Å². The first-order valence-corrected chi connectivity index (χ1v) is 11.0. The molecule has 164 valence electrons. The number of rotatable bonds is 5. The van der Waals surface area contributed by atoms with Crippen LogP contribution in [0.2, 0.25) is 0 Å². The number of nitrogens with one attached hydrogen (secondary N) is 1. The molecule has 3 aromatic rings. The quantitative estimate of drug-likeness (QED) is 0.506. The molecular weight excluding hydrogens is 396 g/mol. The number of fused-ring (bicyclic) bond motifs is 1. The van der Waals surface area contributed by atoms with E-state index < -0.39 is 0 Å². The van der Waals surface area contributed by atoms with Gasteiger partial charge in [-0.2, -0.15) is 0 Å². The SMILES string of the molecule is CC(C)(C)c1ccc(C=CC(=O)Nc2ccc3c(c2)OCCN3Cc2ccccc2)cc1. The summed E-state index contributed by atoms with van der Waals surface area (Å²) in [5.74, 6) is 0.633. The number of ether oxygens (including phenoxy) is 1. The predicted octanol–water partition coefficient (Wildman–Crippen LogP) is 6.04. The fraction of sp³-hybridized carbons (Fsp3) is 0.250. The first-order chi connectivity index (χ1) is 15.4. The molecule has 0 fully saturated rings. The summed E-state index contributed by atoms with van der Waals surface area (Å²) in [5.41, 5.74) is 5.42. The normalized spacial score (nSPS) is 13.5. The van der Waals surface area contributed by atoms with E-state index in [1.165, 1.54) is 11.1 Å². The van der Waals surface area contributed by atoms with E-state index in [2.05, 4.69) is 67.4 Å². The smallest absolute Gasteiger partial charge is 0.248 e. The van der Waals surface area contributed by atoms with E-state index in [0.29, 0.717) is 6.61 Å². The Bertz CT molecular complexity index is 1100. The number of amides is 1. The Balaban J connectivity index is 1.40. The van der Waals surface area contributed by atoms with Gasteiger partial charge in [-0.15, -0.1) is 0 Å². The van der Waals surface area contributed by atoms with Crippen LogP contribution in [0, 0.1) is 0 Å². The van der Waals surface area contributed by atoms with Crippen LogP contribution in [0.3, 0.4) is 0 Å². The molecule has 0 bridgehead atoms. The average Bonchev–Trinajstić information content (AvgIpc) is 2.78. The maximum atomic E-state index is 12.4. The molecule has 0 saturated heterocycles. The standard InChI is InChI=1S/C28H30N2O2/c1-28(2,3)23-12-9-21(10-13-23)11-16-27(31)29-24-14-15-25-26(19-24)32-18-17-30(25)20-22-7-5-4-6-8-22/h4-16,19H,17-18,20H2,1-3H3,(H,29,31). The van der Waals surface area contributed by atoms with Crippen LogP contribution < -0.4 is 15.0 Å². The van der Waals surface area contributed by atoms with Gasteiger partial charge in [-0.25, -0.2) is 0 Å². The second-order valence-electron chi connectivity index (χ2n) is 9.13. The van der Waals surface area contributed by atoms with Crippen molar-refractivity contribution in [3.05, 3.63) is 95.6 Å². The molecule has 4 rings (SSSR count). The molecule has 1 aliphatic rings. The second-order valence-corrected chi connectivity index (χ2v) is 9.13. The third-order valence-electron chi connectivity index (χ3n) is 5.61. The highest BCUT2D eigenvalue weighted by Gasteiger charge is 2.19. The maximum Gasteiger partial charge on any atom is 0.248 e. The van der Waals surface area contributed by atoms with Gasteiger partial charge in [0.2, 0.25) is 5.91 Å². The Morgan fingerprint density at radius 2 is 1.78 bits per heavy atom. The van der Waals surface area contributed by atoms with Crippen LogP contribution in [0.1, 0.15) is 37.5 Å². The Morgan fingerprint density at radius 3 is 2.50 bits per heavy atom. The third kappa shape index (κ3) is 5.38. The highest BCUT2D eigenvalue weighted by Crippen LogP contribution is 2.35. The van der Waals surface area contributed by atoms with Crippen LogP contribution in [-0.4, -0.2) is 19.1 Å². The van der Waals surface area contributed by atoms with E-state index in [0.717, 1.165) is 35.8 Å². The summed E-state index contributed by atoms with van der Waals surface area (Å²) < 4.78 is 5.87. The molecule has 32 heavy (non-hydrogen) atoms. The van der Waals surface area contributed by atoms with Gasteiger partial charge in [0.15, 0.2) is 0 Å². The molecule has 0 saturated carbocycles. The predicted molar refractivity (Wildman–Crippen MR) is 132 cm³/mol. The summed E-state index contributed by atoms with van der Waals surface area (Å²) in [6.07, 6.45) is 3.40. The van der Waals surface area contributed by atoms with Crippen LogP contribution in [0.25, 0.3) is 6.08 Å². The highest BCUT2D eigenvalue weighted by atomic mass is 16.5. The summed E-state index contributed by atoms with van der Waals surface area (Å²) in [6.45, 7) is 8.86. The topological polar surface area (TPSA) is 41.6 Å². The molecule has 1 aliphatic heterocycles. The lowest BCUT2D eigenvalue weighted by Gasteiger charge is -2.31. The summed E-state index contributed by atoms with van der Waals surface area (Å²) in [6, 6.07) is 24.5. The van der Waals surface area contributed by atoms with Gasteiger partial charge >= 0.3 is 0 Å². The van der Waals surface area contributed by atoms with Gasteiger partial charge in [0, 0.05) is 24.4 Å². The van der Waals surface area contributed by atoms with Crippen molar-refractivity contribution in [3.63, 3.8) is 0 Å². The van der Waals surface area contributed by atoms with Crippen molar-refractivity contribution in [2.24, 2.45) is 0 Å². The third-order valence-corrected chi connectivity index (χ3v) is 5.61. The molecule has 4 heteroatoms. The van der Waals surface area contributed by atoms with E-state index in [1.807, 2.05) is 42.5 Å². The van der Waals surface area contributed by atoms with Gasteiger partial charge in [0.1, 0.15) is 12.4 Å². The van der Waals surface area contributed by atoms with E-state index in [-0.39, 0.29) is 11.3 Å². The minimum absolute atomic E-state index is 0.116. The monoisotopic (exact) mass is 426 g/mol. The molecule has 1 heterocycles. The molecule has 0 spiro atoms. The molecule has 0 unspecified atom stereocenters. The molecule has 0 aliphatic carbocycles. The van der Waals surface area contributed by atoms with E-state index in [1.54, 1.807) is 6.08 Å². The molecule has 1 N–H and O–H groups in total. The van der Waals surface area contributed by atoms with Crippen molar-refractivity contribution < 1.29 is 9.53 Å². The van der Waals surface area contributed by atoms with Crippen molar-refractivity contribution in [2.45, 2.75) is 32.7 Å². The molecule has 0 aromatic heterocycles. The first kappa shape index (κ1) is 21.7. The fourth-order valence-corrected chi connectivity index (χ4v) is 3.77. The second kappa shape index (κ2) is 9.31. The van der Waals surface area contributed by atoms with Gasteiger partial charge in [-0.05, 0) is 40.3 Å². The fourth-order valence-electron chi connectivity index (χ4n) is 3.77. The van der Waals surface area contributed by atoms with Crippen molar-refractivity contribution in [1.29, 1.82) is 0 Å². The number of hydrogen-bond acceptors (Lipinski definition) is 3. The summed E-state index contributed by atoms with van der Waals surface area (Å²) in [4.78, 5) is 14.7. The lowest BCUT2D eigenvalue weighted by Crippen LogP contribution is -2.32. The van der Waals surface area contributed by atoms with Gasteiger partial charge in [0.25, 0.3) is 0 Å². The zero-order valence-electron chi connectivity index (χ0n) is 19.0. The number of hydrogen-bond donors (Lipinski definition) is 1. The molecule has 4 nitrogen and oxygen atoms in total. The number of nitrogens with zero attached hydrogens (tertiary/aromatic N) is 1. The molecule has 1 amide bonds. The number of carbonyl (C=O) groups is 1. The molecular formula is C28H30N2O2. The van der Waals surface area contributed by atoms with Gasteiger partial charge in [-0.3, -0.25) is 4.79 Å². The largest absolute Gasteiger partial charge is 0.489 e. The highest BCUT2D eigenvalue weighted by molar-refractivity contribution is 6.02. The molecule has 3 aromatic carbocycles. The van der Waals surface area contributed by atoms with Crippen LogP contribution in [0.5, 0.6) is 5.75 Å².